The van der Waals surface area contributed by atoms with Gasteiger partial charge in [0.15, 0.2) is 0 Å². The third kappa shape index (κ3) is 2.76. The molecule has 0 aromatic rings. The van der Waals surface area contributed by atoms with E-state index in [4.69, 9.17) is 5.11 Å². The van der Waals surface area contributed by atoms with Gasteiger partial charge in [0.25, 0.3) is 0 Å². The van der Waals surface area contributed by atoms with Gasteiger partial charge in [0.2, 0.25) is 0 Å². The van der Waals surface area contributed by atoms with Crippen LogP contribution in [0.25, 0.3) is 0 Å². The summed E-state index contributed by atoms with van der Waals surface area (Å²) in [5.74, 6) is 0.397. The molecule has 0 heterocycles. The van der Waals surface area contributed by atoms with Crippen LogP contribution in [0.3, 0.4) is 0 Å². The van der Waals surface area contributed by atoms with Crippen molar-refractivity contribution in [1.82, 2.24) is 5.32 Å². The SMILES string of the molecule is CC(CO)CNCC1(C)CCC1. The smallest absolute Gasteiger partial charge is 0.0468 e. The van der Waals surface area contributed by atoms with Crippen LogP contribution in [0.15, 0.2) is 0 Å². The minimum atomic E-state index is 0.295. The van der Waals surface area contributed by atoms with E-state index in [9.17, 15) is 0 Å². The minimum Gasteiger partial charge on any atom is -0.396 e. The first-order chi connectivity index (χ1) is 5.66. The second kappa shape index (κ2) is 4.24. The molecular formula is C10H21NO. The number of rotatable bonds is 5. The van der Waals surface area contributed by atoms with E-state index >= 15 is 0 Å². The second-order valence-corrected chi connectivity index (χ2v) is 4.58. The molecule has 1 saturated carbocycles. The topological polar surface area (TPSA) is 32.3 Å². The quantitative estimate of drug-likeness (QED) is 0.655. The van der Waals surface area contributed by atoms with Crippen molar-refractivity contribution in [2.75, 3.05) is 19.7 Å². The molecule has 0 aromatic heterocycles. The van der Waals surface area contributed by atoms with E-state index in [0.717, 1.165) is 13.1 Å². The fourth-order valence-corrected chi connectivity index (χ4v) is 1.64. The summed E-state index contributed by atoms with van der Waals surface area (Å²) in [7, 11) is 0. The highest BCUT2D eigenvalue weighted by molar-refractivity contribution is 4.85. The number of hydrogen-bond acceptors (Lipinski definition) is 2. The van der Waals surface area contributed by atoms with Gasteiger partial charge in [-0.3, -0.25) is 0 Å². The Morgan fingerprint density at radius 3 is 2.58 bits per heavy atom. The van der Waals surface area contributed by atoms with Crippen molar-refractivity contribution in [3.05, 3.63) is 0 Å². The van der Waals surface area contributed by atoms with Gasteiger partial charge >= 0.3 is 0 Å². The van der Waals surface area contributed by atoms with Crippen LogP contribution in [-0.2, 0) is 0 Å². The molecule has 12 heavy (non-hydrogen) atoms. The van der Waals surface area contributed by atoms with Crippen LogP contribution in [-0.4, -0.2) is 24.8 Å². The Labute approximate surface area is 75.4 Å². The maximum absolute atomic E-state index is 8.80. The van der Waals surface area contributed by atoms with Gasteiger partial charge in [-0.15, -0.1) is 0 Å². The monoisotopic (exact) mass is 171 g/mol. The second-order valence-electron chi connectivity index (χ2n) is 4.58. The molecule has 2 heteroatoms. The molecule has 1 fully saturated rings. The lowest BCUT2D eigenvalue weighted by molar-refractivity contribution is 0.150. The van der Waals surface area contributed by atoms with Crippen LogP contribution >= 0.6 is 0 Å². The van der Waals surface area contributed by atoms with Gasteiger partial charge < -0.3 is 10.4 Å². The lowest BCUT2D eigenvalue weighted by Gasteiger charge is -2.38. The summed E-state index contributed by atoms with van der Waals surface area (Å²) in [4.78, 5) is 0. The van der Waals surface area contributed by atoms with Crippen LogP contribution in [0, 0.1) is 11.3 Å². The lowest BCUT2D eigenvalue weighted by atomic mass is 9.70. The van der Waals surface area contributed by atoms with Crippen LogP contribution in [0.4, 0.5) is 0 Å². The summed E-state index contributed by atoms with van der Waals surface area (Å²) in [5, 5.41) is 12.2. The predicted octanol–water partition coefficient (Wildman–Crippen LogP) is 1.39. The van der Waals surface area contributed by atoms with E-state index in [2.05, 4.69) is 19.2 Å². The molecule has 0 bridgehead atoms. The Hall–Kier alpha value is -0.0800. The highest BCUT2D eigenvalue weighted by Crippen LogP contribution is 2.39. The number of hydrogen-bond donors (Lipinski definition) is 2. The maximum atomic E-state index is 8.80. The molecule has 2 nitrogen and oxygen atoms in total. The molecule has 0 amide bonds. The summed E-state index contributed by atoms with van der Waals surface area (Å²) in [6, 6.07) is 0. The summed E-state index contributed by atoms with van der Waals surface area (Å²) in [6.07, 6.45) is 4.13. The Morgan fingerprint density at radius 1 is 1.50 bits per heavy atom. The average molecular weight is 171 g/mol. The first-order valence-corrected chi connectivity index (χ1v) is 4.98. The predicted molar refractivity (Wildman–Crippen MR) is 51.1 cm³/mol. The van der Waals surface area contributed by atoms with E-state index in [1.807, 2.05) is 0 Å². The van der Waals surface area contributed by atoms with Gasteiger partial charge in [-0.1, -0.05) is 20.3 Å². The molecule has 1 unspecified atom stereocenters. The van der Waals surface area contributed by atoms with Crippen LogP contribution in [0.1, 0.15) is 33.1 Å². The van der Waals surface area contributed by atoms with Crippen molar-refractivity contribution in [2.45, 2.75) is 33.1 Å². The molecule has 1 aliphatic carbocycles. The standard InChI is InChI=1S/C10H21NO/c1-9(7-12)6-11-8-10(2)4-3-5-10/h9,11-12H,3-8H2,1-2H3. The van der Waals surface area contributed by atoms with Gasteiger partial charge in [0, 0.05) is 13.2 Å². The van der Waals surface area contributed by atoms with Gasteiger partial charge in [-0.2, -0.15) is 0 Å². The molecule has 0 spiro atoms. The highest BCUT2D eigenvalue weighted by Gasteiger charge is 2.30. The zero-order valence-corrected chi connectivity index (χ0v) is 8.27. The van der Waals surface area contributed by atoms with Crippen LogP contribution in [0.5, 0.6) is 0 Å². The Kier molecular flexibility index (Phi) is 3.53. The molecule has 0 aliphatic heterocycles. The summed E-state index contributed by atoms with van der Waals surface area (Å²) in [5.41, 5.74) is 0.565. The van der Waals surface area contributed by atoms with Gasteiger partial charge in [0.05, 0.1) is 0 Å². The maximum Gasteiger partial charge on any atom is 0.0468 e. The Bertz CT molecular complexity index is 132. The van der Waals surface area contributed by atoms with Gasteiger partial charge in [-0.25, -0.2) is 0 Å². The van der Waals surface area contributed by atoms with Gasteiger partial charge in [0.1, 0.15) is 0 Å². The molecule has 0 radical (unpaired) electrons. The van der Waals surface area contributed by atoms with Crippen molar-refractivity contribution in [1.29, 1.82) is 0 Å². The normalized spacial score (nSPS) is 23.2. The van der Waals surface area contributed by atoms with Crippen LogP contribution < -0.4 is 5.32 Å². The fraction of sp³-hybridized carbons (Fsp3) is 1.00. The van der Waals surface area contributed by atoms with E-state index in [1.54, 1.807) is 0 Å². The largest absolute Gasteiger partial charge is 0.396 e. The molecule has 0 saturated heterocycles. The van der Waals surface area contributed by atoms with E-state index in [0.29, 0.717) is 17.9 Å². The van der Waals surface area contributed by atoms with Crippen molar-refractivity contribution in [2.24, 2.45) is 11.3 Å². The zero-order valence-electron chi connectivity index (χ0n) is 8.27. The van der Waals surface area contributed by atoms with Crippen molar-refractivity contribution >= 4 is 0 Å². The molecular weight excluding hydrogens is 150 g/mol. The lowest BCUT2D eigenvalue weighted by Crippen LogP contribution is -2.39. The summed E-state index contributed by atoms with van der Waals surface area (Å²) < 4.78 is 0. The van der Waals surface area contributed by atoms with Crippen molar-refractivity contribution < 1.29 is 5.11 Å². The third-order valence-corrected chi connectivity index (χ3v) is 2.92. The molecule has 1 aliphatic rings. The first kappa shape index (κ1) is 10.0. The highest BCUT2D eigenvalue weighted by atomic mass is 16.3. The van der Waals surface area contributed by atoms with E-state index in [1.165, 1.54) is 19.3 Å². The van der Waals surface area contributed by atoms with Crippen molar-refractivity contribution in [3.8, 4) is 0 Å². The van der Waals surface area contributed by atoms with Gasteiger partial charge in [-0.05, 0) is 30.7 Å². The number of aliphatic hydroxyl groups is 1. The Balaban J connectivity index is 2.01. The third-order valence-electron chi connectivity index (χ3n) is 2.92. The molecule has 1 atom stereocenters. The molecule has 0 aromatic carbocycles. The van der Waals surface area contributed by atoms with Crippen LogP contribution in [0.2, 0.25) is 0 Å². The van der Waals surface area contributed by atoms with E-state index in [-0.39, 0.29) is 0 Å². The molecule has 1 rings (SSSR count). The van der Waals surface area contributed by atoms with Crippen molar-refractivity contribution in [3.63, 3.8) is 0 Å². The Morgan fingerprint density at radius 2 is 2.17 bits per heavy atom. The fourth-order valence-electron chi connectivity index (χ4n) is 1.64. The molecule has 72 valence electrons. The zero-order chi connectivity index (χ0) is 9.03. The minimum absolute atomic E-state index is 0.295. The molecule has 2 N–H and O–H groups in total. The summed E-state index contributed by atoms with van der Waals surface area (Å²) in [6.45, 7) is 6.77. The average Bonchev–Trinajstić information content (AvgIpc) is 2.01. The first-order valence-electron chi connectivity index (χ1n) is 4.98. The number of nitrogens with one attached hydrogen (secondary N) is 1. The summed E-state index contributed by atoms with van der Waals surface area (Å²) >= 11 is 0. The number of aliphatic hydroxyl groups excluding tert-OH is 1. The van der Waals surface area contributed by atoms with E-state index < -0.39 is 0 Å².